The van der Waals surface area contributed by atoms with Gasteiger partial charge in [0.05, 0.1) is 7.11 Å². The normalized spacial score (nSPS) is 18.6. The number of carbonyl (C=O) groups is 1. The second-order valence-electron chi connectivity index (χ2n) is 8.28. The molecule has 1 heterocycles. The highest BCUT2D eigenvalue weighted by atomic mass is 16.5. The molecule has 2 aliphatic rings. The molecule has 4 heteroatoms. The van der Waals surface area contributed by atoms with Crippen LogP contribution in [0, 0.1) is 0 Å². The summed E-state index contributed by atoms with van der Waals surface area (Å²) >= 11 is 0. The number of methoxy groups -OCH3 is 1. The van der Waals surface area contributed by atoms with Crippen molar-refractivity contribution in [3.05, 3.63) is 35.1 Å². The quantitative estimate of drug-likeness (QED) is 0.557. The van der Waals surface area contributed by atoms with Gasteiger partial charge >= 0.3 is 0 Å². The fourth-order valence-corrected chi connectivity index (χ4v) is 4.71. The van der Waals surface area contributed by atoms with Crippen LogP contribution < -0.4 is 10.1 Å². The first kappa shape index (κ1) is 19.1. The summed E-state index contributed by atoms with van der Waals surface area (Å²) < 4.78 is 11.7. The fourth-order valence-electron chi connectivity index (χ4n) is 4.71. The first-order valence-corrected chi connectivity index (χ1v) is 10.8. The third-order valence-corrected chi connectivity index (χ3v) is 6.25. The number of rotatable bonds is 4. The molecule has 0 bridgehead atoms. The van der Waals surface area contributed by atoms with E-state index in [-0.39, 0.29) is 5.91 Å². The Bertz CT molecular complexity index is 885. The minimum atomic E-state index is 0.000715. The number of ether oxygens (including phenoxy) is 1. The molecule has 1 amide bonds. The van der Waals surface area contributed by atoms with Crippen LogP contribution in [-0.2, 0) is 17.6 Å². The number of hydrogen-bond acceptors (Lipinski definition) is 3. The van der Waals surface area contributed by atoms with Crippen LogP contribution >= 0.6 is 0 Å². The zero-order valence-corrected chi connectivity index (χ0v) is 17.1. The van der Waals surface area contributed by atoms with Crippen molar-refractivity contribution in [3.63, 3.8) is 0 Å². The monoisotopic (exact) mass is 381 g/mol. The molecule has 0 atom stereocenters. The molecule has 1 saturated carbocycles. The van der Waals surface area contributed by atoms with Gasteiger partial charge in [-0.2, -0.15) is 0 Å². The maximum atomic E-state index is 12.6. The Labute approximate surface area is 167 Å². The Morgan fingerprint density at radius 1 is 1.11 bits per heavy atom. The van der Waals surface area contributed by atoms with Gasteiger partial charge in [0.15, 0.2) is 0 Å². The van der Waals surface area contributed by atoms with Crippen LogP contribution in [0.15, 0.2) is 22.6 Å². The molecule has 1 fully saturated rings. The highest BCUT2D eigenvalue weighted by molar-refractivity contribution is 5.97. The smallest absolute Gasteiger partial charge is 0.244 e. The van der Waals surface area contributed by atoms with E-state index in [4.69, 9.17) is 9.15 Å². The summed E-state index contributed by atoms with van der Waals surface area (Å²) in [6, 6.07) is 4.43. The van der Waals surface area contributed by atoms with E-state index < -0.39 is 0 Å². The first-order valence-electron chi connectivity index (χ1n) is 10.8. The number of allylic oxidation sites excluding steroid dienone is 1. The van der Waals surface area contributed by atoms with Crippen LogP contribution in [0.2, 0.25) is 0 Å². The van der Waals surface area contributed by atoms with E-state index in [0.29, 0.717) is 6.04 Å². The van der Waals surface area contributed by atoms with E-state index in [1.54, 1.807) is 13.2 Å². The average Bonchev–Trinajstić information content (AvgIpc) is 2.85. The number of aryl methyl sites for hydroxylation is 2. The minimum Gasteiger partial charge on any atom is -0.496 e. The second-order valence-corrected chi connectivity index (χ2v) is 8.28. The third-order valence-electron chi connectivity index (χ3n) is 6.25. The van der Waals surface area contributed by atoms with Gasteiger partial charge in [0.2, 0.25) is 5.91 Å². The van der Waals surface area contributed by atoms with E-state index >= 15 is 0 Å². The van der Waals surface area contributed by atoms with Crippen LogP contribution in [0.3, 0.4) is 0 Å². The van der Waals surface area contributed by atoms with Crippen LogP contribution in [-0.4, -0.2) is 19.1 Å². The van der Waals surface area contributed by atoms with Gasteiger partial charge in [-0.15, -0.1) is 0 Å². The molecule has 150 valence electrons. The molecule has 1 aromatic carbocycles. The Morgan fingerprint density at radius 3 is 2.61 bits per heavy atom. The SMILES string of the molecule is COc1cc2oc3c(c2cc1/C(C)=C/C(=O)NC1CCCCCC1)CCCC3. The second kappa shape index (κ2) is 8.42. The number of benzene rings is 1. The summed E-state index contributed by atoms with van der Waals surface area (Å²) in [6.07, 6.45) is 13.4. The minimum absolute atomic E-state index is 0.000715. The summed E-state index contributed by atoms with van der Waals surface area (Å²) in [4.78, 5) is 12.6. The number of fused-ring (bicyclic) bond motifs is 3. The van der Waals surface area contributed by atoms with Gasteiger partial charge in [-0.05, 0) is 50.7 Å². The van der Waals surface area contributed by atoms with Crippen molar-refractivity contribution in [1.29, 1.82) is 0 Å². The van der Waals surface area contributed by atoms with Gasteiger partial charge < -0.3 is 14.5 Å². The molecule has 0 unspecified atom stereocenters. The van der Waals surface area contributed by atoms with Crippen LogP contribution in [0.1, 0.15) is 75.2 Å². The van der Waals surface area contributed by atoms with E-state index in [1.807, 2.05) is 13.0 Å². The van der Waals surface area contributed by atoms with Crippen molar-refractivity contribution in [2.24, 2.45) is 0 Å². The third kappa shape index (κ3) is 3.96. The van der Waals surface area contributed by atoms with Gasteiger partial charge in [0.25, 0.3) is 0 Å². The lowest BCUT2D eigenvalue weighted by atomic mass is 9.94. The van der Waals surface area contributed by atoms with Gasteiger partial charge in [-0.3, -0.25) is 4.79 Å². The van der Waals surface area contributed by atoms with E-state index in [2.05, 4.69) is 11.4 Å². The van der Waals surface area contributed by atoms with Crippen molar-refractivity contribution in [1.82, 2.24) is 5.32 Å². The first-order chi connectivity index (χ1) is 13.7. The molecular weight excluding hydrogens is 350 g/mol. The summed E-state index contributed by atoms with van der Waals surface area (Å²) in [5.41, 5.74) is 4.12. The summed E-state index contributed by atoms with van der Waals surface area (Å²) in [5.74, 6) is 1.88. The lowest BCUT2D eigenvalue weighted by Gasteiger charge is -2.15. The lowest BCUT2D eigenvalue weighted by molar-refractivity contribution is -0.117. The predicted octanol–water partition coefficient (Wildman–Crippen LogP) is 5.56. The zero-order chi connectivity index (χ0) is 19.5. The highest BCUT2D eigenvalue weighted by Crippen LogP contribution is 2.37. The molecule has 0 spiro atoms. The molecule has 4 nitrogen and oxygen atoms in total. The Morgan fingerprint density at radius 2 is 1.86 bits per heavy atom. The van der Waals surface area contributed by atoms with Gasteiger partial charge in [0.1, 0.15) is 17.1 Å². The summed E-state index contributed by atoms with van der Waals surface area (Å²) in [5, 5.41) is 4.37. The summed E-state index contributed by atoms with van der Waals surface area (Å²) in [7, 11) is 1.67. The Kier molecular flexibility index (Phi) is 5.74. The van der Waals surface area contributed by atoms with Crippen molar-refractivity contribution in [2.45, 2.75) is 77.2 Å². The molecule has 1 aromatic heterocycles. The molecule has 4 rings (SSSR count). The van der Waals surface area contributed by atoms with Crippen LogP contribution in [0.4, 0.5) is 0 Å². The predicted molar refractivity (Wildman–Crippen MR) is 113 cm³/mol. The van der Waals surface area contributed by atoms with E-state index in [0.717, 1.165) is 53.9 Å². The standard InChI is InChI=1S/C24H31NO3/c1-16(13-24(26)25-17-9-5-3-4-6-10-17)19-14-20-18-11-7-8-12-21(18)28-23(20)15-22(19)27-2/h13-15,17H,3-12H2,1-2H3,(H,25,26)/b16-13+. The maximum absolute atomic E-state index is 12.6. The van der Waals surface area contributed by atoms with Gasteiger partial charge in [-0.25, -0.2) is 0 Å². The highest BCUT2D eigenvalue weighted by Gasteiger charge is 2.20. The molecule has 0 radical (unpaired) electrons. The van der Waals surface area contributed by atoms with Crippen molar-refractivity contribution >= 4 is 22.4 Å². The van der Waals surface area contributed by atoms with E-state index in [1.165, 1.54) is 49.5 Å². The average molecular weight is 382 g/mol. The number of hydrogen-bond donors (Lipinski definition) is 1. The van der Waals surface area contributed by atoms with Crippen molar-refractivity contribution in [3.8, 4) is 5.75 Å². The molecule has 2 aromatic rings. The molecule has 28 heavy (non-hydrogen) atoms. The zero-order valence-electron chi connectivity index (χ0n) is 17.1. The number of nitrogens with one attached hydrogen (secondary N) is 1. The maximum Gasteiger partial charge on any atom is 0.244 e. The van der Waals surface area contributed by atoms with Crippen LogP contribution in [0.25, 0.3) is 16.5 Å². The molecule has 1 N–H and O–H groups in total. The van der Waals surface area contributed by atoms with Gasteiger partial charge in [0, 0.05) is 41.1 Å². The lowest BCUT2D eigenvalue weighted by Crippen LogP contribution is -2.33. The number of amides is 1. The van der Waals surface area contributed by atoms with Crippen LogP contribution in [0.5, 0.6) is 5.75 Å². The van der Waals surface area contributed by atoms with Crippen molar-refractivity contribution in [2.75, 3.05) is 7.11 Å². The Hall–Kier alpha value is -2.23. The summed E-state index contributed by atoms with van der Waals surface area (Å²) in [6.45, 7) is 1.99. The Balaban J connectivity index is 1.60. The number of carbonyl (C=O) groups excluding carboxylic acids is 1. The molecule has 2 aliphatic carbocycles. The molecule has 0 saturated heterocycles. The van der Waals surface area contributed by atoms with E-state index in [9.17, 15) is 4.79 Å². The molecular formula is C24H31NO3. The topological polar surface area (TPSA) is 51.5 Å². The number of furan rings is 1. The van der Waals surface area contributed by atoms with Gasteiger partial charge in [-0.1, -0.05) is 25.7 Å². The molecule has 0 aliphatic heterocycles. The largest absolute Gasteiger partial charge is 0.496 e. The van der Waals surface area contributed by atoms with Crippen molar-refractivity contribution < 1.29 is 13.9 Å². The fraction of sp³-hybridized carbons (Fsp3) is 0.542.